The largest absolute Gasteiger partial charge is 0.497 e. The van der Waals surface area contributed by atoms with Crippen LogP contribution in [0.3, 0.4) is 0 Å². The fraction of sp³-hybridized carbons (Fsp3) is 0.267. The van der Waals surface area contributed by atoms with Crippen molar-refractivity contribution in [2.75, 3.05) is 27.3 Å². The van der Waals surface area contributed by atoms with Gasteiger partial charge < -0.3 is 14.8 Å². The molecule has 10 nitrogen and oxygen atoms in total. The molecule has 4 aromatic rings. The van der Waals surface area contributed by atoms with Crippen molar-refractivity contribution in [1.29, 1.82) is 0 Å². The van der Waals surface area contributed by atoms with E-state index in [1.807, 2.05) is 24.3 Å². The van der Waals surface area contributed by atoms with Gasteiger partial charge in [0.05, 0.1) is 30.5 Å². The average Bonchev–Trinajstić information content (AvgIpc) is 3.44. The van der Waals surface area contributed by atoms with E-state index in [2.05, 4.69) is 22.3 Å². The van der Waals surface area contributed by atoms with Crippen LogP contribution >= 0.6 is 0 Å². The molecule has 3 aromatic carbocycles. The van der Waals surface area contributed by atoms with Gasteiger partial charge in [-0.05, 0) is 42.7 Å². The molecule has 40 heavy (non-hydrogen) atoms. The summed E-state index contributed by atoms with van der Waals surface area (Å²) in [5, 5.41) is 19.3. The van der Waals surface area contributed by atoms with E-state index in [4.69, 9.17) is 14.6 Å². The summed E-state index contributed by atoms with van der Waals surface area (Å²) in [7, 11) is 3.12. The van der Waals surface area contributed by atoms with Gasteiger partial charge in [-0.15, -0.1) is 0 Å². The molecule has 1 aliphatic rings. The number of methoxy groups -OCH3 is 2. The lowest BCUT2D eigenvalue weighted by molar-refractivity contribution is -0.384. The number of aromatic nitrogens is 2. The topological polar surface area (TPSA) is 112 Å². The third kappa shape index (κ3) is 5.97. The van der Waals surface area contributed by atoms with Crippen molar-refractivity contribution >= 4 is 11.6 Å². The molecular formula is C30H31N5O5. The Hall–Kier alpha value is -4.70. The van der Waals surface area contributed by atoms with E-state index in [-0.39, 0.29) is 23.3 Å². The molecule has 206 valence electrons. The number of hydrogen-bond donors (Lipinski definition) is 1. The number of ether oxygens (including phenoxy) is 2. The van der Waals surface area contributed by atoms with E-state index in [1.54, 1.807) is 44.6 Å². The molecule has 0 atom stereocenters. The summed E-state index contributed by atoms with van der Waals surface area (Å²) in [4.78, 5) is 27.0. The van der Waals surface area contributed by atoms with E-state index in [0.717, 1.165) is 32.5 Å². The number of nitrogens with zero attached hydrogens (tertiary/aromatic N) is 4. The fourth-order valence-electron chi connectivity index (χ4n) is 4.96. The molecular weight excluding hydrogens is 510 g/mol. The maximum absolute atomic E-state index is 13.6. The van der Waals surface area contributed by atoms with Crippen LogP contribution in [-0.2, 0) is 6.54 Å². The zero-order valence-corrected chi connectivity index (χ0v) is 22.4. The van der Waals surface area contributed by atoms with Crippen LogP contribution in [0.5, 0.6) is 11.5 Å². The van der Waals surface area contributed by atoms with Crippen molar-refractivity contribution in [3.63, 3.8) is 0 Å². The Labute approximate surface area is 232 Å². The first-order valence-electron chi connectivity index (χ1n) is 13.1. The van der Waals surface area contributed by atoms with Gasteiger partial charge in [-0.1, -0.05) is 36.4 Å². The molecule has 0 bridgehead atoms. The Balaban J connectivity index is 1.40. The Kier molecular flexibility index (Phi) is 8.07. The minimum Gasteiger partial charge on any atom is -0.497 e. The monoisotopic (exact) mass is 541 g/mol. The number of amides is 1. The highest BCUT2D eigenvalue weighted by molar-refractivity contribution is 5.95. The molecule has 0 unspecified atom stereocenters. The number of rotatable bonds is 9. The Bertz CT molecular complexity index is 1500. The maximum atomic E-state index is 13.6. The van der Waals surface area contributed by atoms with Crippen LogP contribution in [0.15, 0.2) is 78.9 Å². The zero-order chi connectivity index (χ0) is 28.1. The van der Waals surface area contributed by atoms with Crippen molar-refractivity contribution in [2.24, 2.45) is 0 Å². The van der Waals surface area contributed by atoms with Crippen LogP contribution in [0.25, 0.3) is 16.9 Å². The summed E-state index contributed by atoms with van der Waals surface area (Å²) >= 11 is 0. The van der Waals surface area contributed by atoms with Crippen molar-refractivity contribution < 1.29 is 19.2 Å². The van der Waals surface area contributed by atoms with Gasteiger partial charge in [0, 0.05) is 49.4 Å². The van der Waals surface area contributed by atoms with Crippen molar-refractivity contribution in [1.82, 2.24) is 20.0 Å². The molecule has 2 heterocycles. The second-order valence-corrected chi connectivity index (χ2v) is 9.68. The maximum Gasteiger partial charge on any atom is 0.271 e. The number of likely N-dealkylation sites (tertiary alicyclic amines) is 1. The molecule has 1 N–H and O–H groups in total. The molecule has 1 saturated heterocycles. The van der Waals surface area contributed by atoms with Gasteiger partial charge in [0.1, 0.15) is 17.2 Å². The molecule has 0 spiro atoms. The average molecular weight is 542 g/mol. The summed E-state index contributed by atoms with van der Waals surface area (Å²) in [6.07, 6.45) is 1.64. The first-order chi connectivity index (χ1) is 19.4. The van der Waals surface area contributed by atoms with Crippen LogP contribution in [0.2, 0.25) is 0 Å². The van der Waals surface area contributed by atoms with Gasteiger partial charge >= 0.3 is 0 Å². The predicted molar refractivity (Wildman–Crippen MR) is 151 cm³/mol. The fourth-order valence-corrected chi connectivity index (χ4v) is 4.96. The van der Waals surface area contributed by atoms with Crippen LogP contribution in [0.4, 0.5) is 5.69 Å². The second-order valence-electron chi connectivity index (χ2n) is 9.68. The van der Waals surface area contributed by atoms with Crippen LogP contribution in [0, 0.1) is 10.1 Å². The van der Waals surface area contributed by atoms with Gasteiger partial charge in [0.25, 0.3) is 11.6 Å². The lowest BCUT2D eigenvalue weighted by Crippen LogP contribution is -2.44. The summed E-state index contributed by atoms with van der Waals surface area (Å²) < 4.78 is 12.3. The second kappa shape index (κ2) is 12.0. The lowest BCUT2D eigenvalue weighted by atomic mass is 10.0. The van der Waals surface area contributed by atoms with E-state index in [9.17, 15) is 14.9 Å². The smallest absolute Gasteiger partial charge is 0.271 e. The van der Waals surface area contributed by atoms with Gasteiger partial charge in [-0.3, -0.25) is 19.8 Å². The highest BCUT2D eigenvalue weighted by Crippen LogP contribution is 2.34. The SMILES string of the molecule is COc1ccc(-c2cc(C(=O)NC3CCN(Cc4ccccc4)CC3)n(-c3cccc([N+](=O)[O-])c3)n2)c(OC)c1. The molecule has 1 aromatic heterocycles. The minimum atomic E-state index is -0.469. The Morgan fingerprint density at radius 2 is 1.77 bits per heavy atom. The van der Waals surface area contributed by atoms with Gasteiger partial charge in [-0.25, -0.2) is 4.68 Å². The van der Waals surface area contributed by atoms with E-state index in [1.165, 1.54) is 22.4 Å². The summed E-state index contributed by atoms with van der Waals surface area (Å²) in [5.41, 5.74) is 3.03. The third-order valence-corrected chi connectivity index (χ3v) is 7.08. The molecule has 5 rings (SSSR count). The first-order valence-corrected chi connectivity index (χ1v) is 13.1. The van der Waals surface area contributed by atoms with Crippen LogP contribution < -0.4 is 14.8 Å². The quantitative estimate of drug-likeness (QED) is 0.238. The van der Waals surface area contributed by atoms with Crippen molar-refractivity contribution in [3.8, 4) is 28.4 Å². The van der Waals surface area contributed by atoms with E-state index >= 15 is 0 Å². The van der Waals surface area contributed by atoms with E-state index < -0.39 is 4.92 Å². The first kappa shape index (κ1) is 26.9. The van der Waals surface area contributed by atoms with Gasteiger partial charge in [0.2, 0.25) is 0 Å². The number of nitrogens with one attached hydrogen (secondary N) is 1. The standard InChI is InChI=1S/C30H31N5O5/c1-39-25-11-12-26(29(18-25)40-2)27-19-28(34(32-27)23-9-6-10-24(17-23)35(37)38)30(36)31-22-13-15-33(16-14-22)20-21-7-4-3-5-8-21/h3-12,17-19,22H,13-16,20H2,1-2H3,(H,31,36). The number of nitro benzene ring substituents is 1. The molecule has 0 aliphatic carbocycles. The highest BCUT2D eigenvalue weighted by atomic mass is 16.6. The molecule has 0 saturated carbocycles. The molecule has 0 radical (unpaired) electrons. The number of benzene rings is 3. The zero-order valence-electron chi connectivity index (χ0n) is 22.4. The molecule has 1 fully saturated rings. The number of hydrogen-bond acceptors (Lipinski definition) is 7. The molecule has 10 heteroatoms. The summed E-state index contributed by atoms with van der Waals surface area (Å²) in [6, 6.07) is 23.4. The Morgan fingerprint density at radius 3 is 2.48 bits per heavy atom. The van der Waals surface area contributed by atoms with Gasteiger partial charge in [-0.2, -0.15) is 5.10 Å². The van der Waals surface area contributed by atoms with Crippen molar-refractivity contribution in [2.45, 2.75) is 25.4 Å². The van der Waals surface area contributed by atoms with Crippen molar-refractivity contribution in [3.05, 3.63) is 100 Å². The lowest BCUT2D eigenvalue weighted by Gasteiger charge is -2.32. The third-order valence-electron chi connectivity index (χ3n) is 7.08. The minimum absolute atomic E-state index is 0.00644. The molecule has 1 amide bonds. The highest BCUT2D eigenvalue weighted by Gasteiger charge is 2.25. The predicted octanol–water partition coefficient (Wildman–Crippen LogP) is 4.86. The van der Waals surface area contributed by atoms with Crippen LogP contribution in [-0.4, -0.2) is 58.9 Å². The molecule has 1 aliphatic heterocycles. The number of carbonyl (C=O) groups excluding carboxylic acids is 1. The van der Waals surface area contributed by atoms with Gasteiger partial charge in [0.15, 0.2) is 0 Å². The van der Waals surface area contributed by atoms with E-state index in [0.29, 0.717) is 28.4 Å². The number of nitro groups is 1. The number of piperidine rings is 1. The number of non-ortho nitro benzene ring substituents is 1. The van der Waals surface area contributed by atoms with Crippen LogP contribution in [0.1, 0.15) is 28.9 Å². The number of carbonyl (C=O) groups is 1. The Morgan fingerprint density at radius 1 is 1.00 bits per heavy atom. The summed E-state index contributed by atoms with van der Waals surface area (Å²) in [5.74, 6) is 0.857. The normalized spacial score (nSPS) is 14.1. The summed E-state index contributed by atoms with van der Waals surface area (Å²) in [6.45, 7) is 2.63.